The fourth-order valence-electron chi connectivity index (χ4n) is 2.51. The van der Waals surface area contributed by atoms with Gasteiger partial charge in [-0.1, -0.05) is 13.8 Å². The van der Waals surface area contributed by atoms with Gasteiger partial charge in [0.15, 0.2) is 5.76 Å². The van der Waals surface area contributed by atoms with Crippen LogP contribution < -0.4 is 11.3 Å². The monoisotopic (exact) mass is 279 g/mol. The zero-order valence-electron chi connectivity index (χ0n) is 12.1. The van der Waals surface area contributed by atoms with Crippen LogP contribution in [-0.2, 0) is 11.3 Å². The Morgan fingerprint density at radius 1 is 1.60 bits per heavy atom. The number of nitrogen functional groups attached to an aromatic ring is 1. The molecule has 3 N–H and O–H groups in total. The Balaban J connectivity index is 2.08. The van der Waals surface area contributed by atoms with Crippen molar-refractivity contribution >= 4 is 11.8 Å². The fraction of sp³-hybridized carbons (Fsp3) is 0.571. The maximum atomic E-state index is 12.0. The summed E-state index contributed by atoms with van der Waals surface area (Å²) in [5.74, 6) is 6.47. The number of carbonyl (C=O) groups is 2. The predicted octanol–water partition coefficient (Wildman–Crippen LogP) is 1.20. The predicted molar refractivity (Wildman–Crippen MR) is 73.5 cm³/mol. The number of likely N-dealkylation sites (tertiary alicyclic amines) is 1. The molecule has 0 aliphatic carbocycles. The van der Waals surface area contributed by atoms with Gasteiger partial charge >= 0.3 is 5.91 Å². The normalized spacial score (nSPS) is 18.9. The number of nitrogens with zero attached hydrogens (tertiary/aromatic N) is 1. The minimum Gasteiger partial charge on any atom is -0.454 e. The lowest BCUT2D eigenvalue weighted by molar-refractivity contribution is -0.128. The first-order valence-electron chi connectivity index (χ1n) is 6.80. The maximum absolute atomic E-state index is 12.0. The highest BCUT2D eigenvalue weighted by atomic mass is 16.4. The van der Waals surface area contributed by atoms with E-state index in [4.69, 9.17) is 10.3 Å². The van der Waals surface area contributed by atoms with Gasteiger partial charge in [-0.2, -0.15) is 0 Å². The average Bonchev–Trinajstić information content (AvgIpc) is 2.93. The highest BCUT2D eigenvalue weighted by molar-refractivity contribution is 5.92. The Kier molecular flexibility index (Phi) is 4.13. The molecule has 1 aromatic rings. The van der Waals surface area contributed by atoms with Gasteiger partial charge in [0.2, 0.25) is 5.91 Å². The minimum atomic E-state index is -0.457. The van der Waals surface area contributed by atoms with Crippen LogP contribution in [0.1, 0.15) is 42.1 Å². The van der Waals surface area contributed by atoms with Crippen molar-refractivity contribution in [3.05, 3.63) is 23.2 Å². The van der Waals surface area contributed by atoms with Crippen LogP contribution in [0.3, 0.4) is 0 Å². The Morgan fingerprint density at radius 3 is 2.85 bits per heavy atom. The van der Waals surface area contributed by atoms with E-state index in [-0.39, 0.29) is 11.7 Å². The Morgan fingerprint density at radius 2 is 2.30 bits per heavy atom. The molecule has 110 valence electrons. The van der Waals surface area contributed by atoms with Gasteiger partial charge in [0, 0.05) is 18.5 Å². The zero-order valence-corrected chi connectivity index (χ0v) is 12.1. The van der Waals surface area contributed by atoms with Gasteiger partial charge in [0.1, 0.15) is 5.76 Å². The number of rotatable bonds is 4. The van der Waals surface area contributed by atoms with Gasteiger partial charge in [-0.15, -0.1) is 0 Å². The largest absolute Gasteiger partial charge is 0.454 e. The molecule has 1 aromatic heterocycles. The van der Waals surface area contributed by atoms with Gasteiger partial charge in [-0.3, -0.25) is 15.0 Å². The van der Waals surface area contributed by atoms with Gasteiger partial charge in [-0.05, 0) is 24.8 Å². The van der Waals surface area contributed by atoms with Crippen molar-refractivity contribution in [2.24, 2.45) is 17.7 Å². The number of aryl methyl sites for hydroxylation is 1. The highest BCUT2D eigenvalue weighted by Gasteiger charge is 2.32. The van der Waals surface area contributed by atoms with E-state index in [0.717, 1.165) is 12.1 Å². The summed E-state index contributed by atoms with van der Waals surface area (Å²) in [5, 5.41) is 0. The molecular formula is C14H21N3O3. The van der Waals surface area contributed by atoms with Crippen molar-refractivity contribution in [2.75, 3.05) is 6.54 Å². The van der Waals surface area contributed by atoms with Crippen LogP contribution in [0.15, 0.2) is 10.5 Å². The first-order valence-corrected chi connectivity index (χ1v) is 6.80. The van der Waals surface area contributed by atoms with E-state index in [9.17, 15) is 9.59 Å². The molecule has 0 spiro atoms. The van der Waals surface area contributed by atoms with Crippen molar-refractivity contribution in [2.45, 2.75) is 33.7 Å². The SMILES string of the molecule is Cc1cc(CN2CC(C(C)C)CC2=O)oc1C(=O)NN. The molecule has 6 nitrogen and oxygen atoms in total. The molecule has 1 unspecified atom stereocenters. The molecule has 1 atom stereocenters. The average molecular weight is 279 g/mol. The lowest BCUT2D eigenvalue weighted by atomic mass is 9.95. The fourth-order valence-corrected chi connectivity index (χ4v) is 2.51. The third-order valence-corrected chi connectivity index (χ3v) is 3.84. The Labute approximate surface area is 118 Å². The molecule has 1 aliphatic rings. The van der Waals surface area contributed by atoms with Gasteiger partial charge in [0.05, 0.1) is 6.54 Å². The smallest absolute Gasteiger partial charge is 0.301 e. The van der Waals surface area contributed by atoms with Crippen LogP contribution in [0.25, 0.3) is 0 Å². The molecule has 0 aromatic carbocycles. The standard InChI is InChI=1S/C14H21N3O3/c1-8(2)10-5-12(18)17(6-10)7-11-4-9(3)13(20-11)14(19)16-15/h4,8,10H,5-7,15H2,1-3H3,(H,16,19). The van der Waals surface area contributed by atoms with Crippen molar-refractivity contribution in [1.82, 2.24) is 10.3 Å². The van der Waals surface area contributed by atoms with Crippen molar-refractivity contribution in [3.63, 3.8) is 0 Å². The molecular weight excluding hydrogens is 258 g/mol. The third kappa shape index (κ3) is 2.85. The van der Waals surface area contributed by atoms with E-state index in [2.05, 4.69) is 13.8 Å². The van der Waals surface area contributed by atoms with Crippen molar-refractivity contribution in [3.8, 4) is 0 Å². The summed E-state index contributed by atoms with van der Waals surface area (Å²) in [6.07, 6.45) is 0.591. The summed E-state index contributed by atoms with van der Waals surface area (Å²) in [4.78, 5) is 25.2. The van der Waals surface area contributed by atoms with Crippen LogP contribution in [-0.4, -0.2) is 23.3 Å². The molecule has 0 saturated carbocycles. The van der Waals surface area contributed by atoms with Crippen LogP contribution in [0.5, 0.6) is 0 Å². The second-order valence-corrected chi connectivity index (χ2v) is 5.68. The van der Waals surface area contributed by atoms with E-state index < -0.39 is 5.91 Å². The summed E-state index contributed by atoms with van der Waals surface area (Å²) >= 11 is 0. The lowest BCUT2D eigenvalue weighted by Crippen LogP contribution is -2.30. The first-order chi connectivity index (χ1) is 9.42. The molecule has 1 saturated heterocycles. The lowest BCUT2D eigenvalue weighted by Gasteiger charge is -2.16. The summed E-state index contributed by atoms with van der Waals surface area (Å²) in [5.41, 5.74) is 2.76. The number of furan rings is 1. The Bertz CT molecular complexity index is 522. The van der Waals surface area contributed by atoms with Crippen molar-refractivity contribution < 1.29 is 14.0 Å². The van der Waals surface area contributed by atoms with Crippen LogP contribution in [0.4, 0.5) is 0 Å². The third-order valence-electron chi connectivity index (χ3n) is 3.84. The van der Waals surface area contributed by atoms with Gasteiger partial charge < -0.3 is 9.32 Å². The molecule has 2 heterocycles. The summed E-state index contributed by atoms with van der Waals surface area (Å²) in [7, 11) is 0. The topological polar surface area (TPSA) is 88.6 Å². The number of hydrogen-bond acceptors (Lipinski definition) is 4. The van der Waals surface area contributed by atoms with Gasteiger partial charge in [0.25, 0.3) is 0 Å². The molecule has 1 aliphatic heterocycles. The highest BCUT2D eigenvalue weighted by Crippen LogP contribution is 2.27. The Hall–Kier alpha value is -1.82. The molecule has 20 heavy (non-hydrogen) atoms. The zero-order chi connectivity index (χ0) is 14.9. The molecule has 0 bridgehead atoms. The van der Waals surface area contributed by atoms with E-state index in [0.29, 0.717) is 30.6 Å². The molecule has 1 fully saturated rings. The maximum Gasteiger partial charge on any atom is 0.301 e. The summed E-state index contributed by atoms with van der Waals surface area (Å²) in [6, 6.07) is 1.78. The van der Waals surface area contributed by atoms with E-state index in [1.807, 2.05) is 5.43 Å². The van der Waals surface area contributed by atoms with E-state index in [1.54, 1.807) is 17.9 Å². The van der Waals surface area contributed by atoms with Crippen LogP contribution in [0, 0.1) is 18.8 Å². The quantitative estimate of drug-likeness (QED) is 0.492. The number of hydrazine groups is 1. The number of amides is 2. The number of hydrogen-bond donors (Lipinski definition) is 2. The second-order valence-electron chi connectivity index (χ2n) is 5.68. The minimum absolute atomic E-state index is 0.141. The number of carbonyl (C=O) groups excluding carboxylic acids is 2. The number of nitrogens with two attached hydrogens (primary N) is 1. The van der Waals surface area contributed by atoms with E-state index in [1.165, 1.54) is 0 Å². The van der Waals surface area contributed by atoms with Crippen LogP contribution in [0.2, 0.25) is 0 Å². The molecule has 2 amide bonds. The van der Waals surface area contributed by atoms with Crippen LogP contribution >= 0.6 is 0 Å². The molecule has 2 rings (SSSR count). The second kappa shape index (κ2) is 5.66. The molecule has 0 radical (unpaired) electrons. The first kappa shape index (κ1) is 14.6. The van der Waals surface area contributed by atoms with Crippen molar-refractivity contribution in [1.29, 1.82) is 0 Å². The molecule has 6 heteroatoms. The van der Waals surface area contributed by atoms with Gasteiger partial charge in [-0.25, -0.2) is 5.84 Å². The number of nitrogens with one attached hydrogen (secondary N) is 1. The van der Waals surface area contributed by atoms with E-state index >= 15 is 0 Å². The summed E-state index contributed by atoms with van der Waals surface area (Å²) < 4.78 is 5.49. The summed E-state index contributed by atoms with van der Waals surface area (Å²) in [6.45, 7) is 7.18.